The van der Waals surface area contributed by atoms with Crippen molar-refractivity contribution in [2.24, 2.45) is 0 Å². The molecule has 4 nitrogen and oxygen atoms in total. The maximum atomic E-state index is 12.8. The summed E-state index contributed by atoms with van der Waals surface area (Å²) in [4.78, 5) is 15.5. The molecule has 1 aromatic heterocycles. The van der Waals surface area contributed by atoms with Crippen molar-refractivity contribution in [3.8, 4) is 5.75 Å². The molecule has 0 aliphatic rings. The van der Waals surface area contributed by atoms with E-state index in [1.165, 1.54) is 18.3 Å². The first kappa shape index (κ1) is 14.6. The summed E-state index contributed by atoms with van der Waals surface area (Å²) in [6.07, 6.45) is 1.41. The van der Waals surface area contributed by atoms with Gasteiger partial charge in [-0.15, -0.1) is 0 Å². The van der Waals surface area contributed by atoms with Gasteiger partial charge in [0.15, 0.2) is 6.61 Å². The van der Waals surface area contributed by atoms with Gasteiger partial charge >= 0.3 is 0 Å². The molecule has 0 atom stereocenters. The third-order valence-corrected chi connectivity index (χ3v) is 2.77. The van der Waals surface area contributed by atoms with Gasteiger partial charge in [0, 0.05) is 6.20 Å². The molecule has 2 rings (SSSR count). The standard InChI is InChI=1S/C13H9Cl2FN2O2/c14-8-1-4-12(17-6-8)18-13(19)7-20-11-3-2-9(16)5-10(11)15/h1-6H,7H2,(H,17,18,19). The predicted molar refractivity (Wildman–Crippen MR) is 74.8 cm³/mol. The van der Waals surface area contributed by atoms with Gasteiger partial charge < -0.3 is 10.1 Å². The van der Waals surface area contributed by atoms with Crippen molar-refractivity contribution in [3.05, 3.63) is 52.4 Å². The third-order valence-electron chi connectivity index (χ3n) is 2.25. The van der Waals surface area contributed by atoms with Crippen molar-refractivity contribution in [2.45, 2.75) is 0 Å². The van der Waals surface area contributed by atoms with Crippen LogP contribution in [0.3, 0.4) is 0 Å². The van der Waals surface area contributed by atoms with Crippen LogP contribution in [-0.2, 0) is 4.79 Å². The van der Waals surface area contributed by atoms with Gasteiger partial charge in [0.1, 0.15) is 17.4 Å². The predicted octanol–water partition coefficient (Wildman–Crippen LogP) is 3.55. The summed E-state index contributed by atoms with van der Waals surface area (Å²) in [5.41, 5.74) is 0. The number of aromatic nitrogens is 1. The van der Waals surface area contributed by atoms with Crippen LogP contribution in [0.1, 0.15) is 0 Å². The minimum Gasteiger partial charge on any atom is -0.482 e. The number of hydrogen-bond acceptors (Lipinski definition) is 3. The second kappa shape index (κ2) is 6.54. The maximum absolute atomic E-state index is 12.8. The second-order valence-corrected chi connectivity index (χ2v) is 4.62. The summed E-state index contributed by atoms with van der Waals surface area (Å²) in [5, 5.41) is 3.09. The monoisotopic (exact) mass is 314 g/mol. The second-order valence-electron chi connectivity index (χ2n) is 3.77. The molecule has 1 aromatic carbocycles. The quantitative estimate of drug-likeness (QED) is 0.939. The highest BCUT2D eigenvalue weighted by Crippen LogP contribution is 2.24. The number of nitrogens with zero attached hydrogens (tertiary/aromatic N) is 1. The summed E-state index contributed by atoms with van der Waals surface area (Å²) >= 11 is 11.4. The van der Waals surface area contributed by atoms with Crippen LogP contribution in [0.5, 0.6) is 5.75 Å². The number of benzene rings is 1. The molecule has 0 saturated heterocycles. The fraction of sp³-hybridized carbons (Fsp3) is 0.0769. The first-order valence-corrected chi connectivity index (χ1v) is 6.29. The van der Waals surface area contributed by atoms with E-state index in [-0.39, 0.29) is 17.4 Å². The number of pyridine rings is 1. The largest absolute Gasteiger partial charge is 0.482 e. The van der Waals surface area contributed by atoms with E-state index >= 15 is 0 Å². The van der Waals surface area contributed by atoms with Gasteiger partial charge in [0.2, 0.25) is 0 Å². The smallest absolute Gasteiger partial charge is 0.263 e. The minimum atomic E-state index is -0.475. The number of anilines is 1. The first-order valence-electron chi connectivity index (χ1n) is 5.54. The number of nitrogens with one attached hydrogen (secondary N) is 1. The summed E-state index contributed by atoms with van der Waals surface area (Å²) < 4.78 is 18.0. The SMILES string of the molecule is O=C(COc1ccc(F)cc1Cl)Nc1ccc(Cl)cn1. The lowest BCUT2D eigenvalue weighted by molar-refractivity contribution is -0.118. The van der Waals surface area contributed by atoms with Crippen LogP contribution in [0.4, 0.5) is 10.2 Å². The molecule has 0 radical (unpaired) electrons. The average Bonchev–Trinajstić information content (AvgIpc) is 2.40. The first-order chi connectivity index (χ1) is 9.54. The van der Waals surface area contributed by atoms with E-state index in [0.29, 0.717) is 10.8 Å². The highest BCUT2D eigenvalue weighted by molar-refractivity contribution is 6.32. The Kier molecular flexibility index (Phi) is 4.76. The molecule has 0 saturated carbocycles. The lowest BCUT2D eigenvalue weighted by atomic mass is 10.3. The number of rotatable bonds is 4. The van der Waals surface area contributed by atoms with Crippen LogP contribution in [0.15, 0.2) is 36.5 Å². The molecule has 0 spiro atoms. The topological polar surface area (TPSA) is 51.2 Å². The maximum Gasteiger partial charge on any atom is 0.263 e. The Bertz CT molecular complexity index is 620. The summed E-state index contributed by atoms with van der Waals surface area (Å²) in [6, 6.07) is 6.81. The van der Waals surface area contributed by atoms with E-state index < -0.39 is 11.7 Å². The van der Waals surface area contributed by atoms with E-state index in [0.717, 1.165) is 6.07 Å². The van der Waals surface area contributed by atoms with E-state index in [1.807, 2.05) is 0 Å². The number of hydrogen-bond donors (Lipinski definition) is 1. The number of ether oxygens (including phenoxy) is 1. The molecule has 0 aliphatic heterocycles. The molecular weight excluding hydrogens is 306 g/mol. The van der Waals surface area contributed by atoms with Crippen molar-refractivity contribution in [2.75, 3.05) is 11.9 Å². The molecule has 1 N–H and O–H groups in total. The van der Waals surface area contributed by atoms with Crippen molar-refractivity contribution in [1.29, 1.82) is 0 Å². The zero-order chi connectivity index (χ0) is 14.5. The Morgan fingerprint density at radius 3 is 2.75 bits per heavy atom. The van der Waals surface area contributed by atoms with Crippen LogP contribution in [-0.4, -0.2) is 17.5 Å². The molecule has 104 valence electrons. The summed E-state index contributed by atoms with van der Waals surface area (Å²) in [7, 11) is 0. The Morgan fingerprint density at radius 2 is 2.10 bits per heavy atom. The minimum absolute atomic E-state index is 0.0995. The number of carbonyl (C=O) groups excluding carboxylic acids is 1. The van der Waals surface area contributed by atoms with Crippen LogP contribution >= 0.6 is 23.2 Å². The molecule has 0 bridgehead atoms. The van der Waals surface area contributed by atoms with Crippen LogP contribution in [0, 0.1) is 5.82 Å². The third kappa shape index (κ3) is 4.08. The van der Waals surface area contributed by atoms with Crippen molar-refractivity contribution >= 4 is 34.9 Å². The van der Waals surface area contributed by atoms with E-state index in [2.05, 4.69) is 10.3 Å². The van der Waals surface area contributed by atoms with Gasteiger partial charge in [0.05, 0.1) is 10.0 Å². The zero-order valence-corrected chi connectivity index (χ0v) is 11.6. The fourth-order valence-electron chi connectivity index (χ4n) is 1.36. The van der Waals surface area contributed by atoms with Crippen molar-refractivity contribution < 1.29 is 13.9 Å². The average molecular weight is 315 g/mol. The molecule has 0 unspecified atom stereocenters. The highest BCUT2D eigenvalue weighted by atomic mass is 35.5. The molecule has 2 aromatic rings. The van der Waals surface area contributed by atoms with Gasteiger partial charge in [-0.1, -0.05) is 23.2 Å². The van der Waals surface area contributed by atoms with E-state index in [4.69, 9.17) is 27.9 Å². The normalized spacial score (nSPS) is 10.2. The van der Waals surface area contributed by atoms with E-state index in [1.54, 1.807) is 12.1 Å². The van der Waals surface area contributed by atoms with E-state index in [9.17, 15) is 9.18 Å². The van der Waals surface area contributed by atoms with Crippen LogP contribution in [0.2, 0.25) is 10.0 Å². The molecule has 1 heterocycles. The molecule has 0 aliphatic carbocycles. The van der Waals surface area contributed by atoms with Crippen LogP contribution in [0.25, 0.3) is 0 Å². The number of amides is 1. The number of halogens is 3. The lowest BCUT2D eigenvalue weighted by Crippen LogP contribution is -2.20. The number of carbonyl (C=O) groups is 1. The van der Waals surface area contributed by atoms with Gasteiger partial charge in [-0.2, -0.15) is 0 Å². The highest BCUT2D eigenvalue weighted by Gasteiger charge is 2.07. The van der Waals surface area contributed by atoms with Gasteiger partial charge in [-0.25, -0.2) is 9.37 Å². The summed E-state index contributed by atoms with van der Waals surface area (Å²) in [6.45, 7) is -0.268. The Labute approximate surface area is 124 Å². The summed E-state index contributed by atoms with van der Waals surface area (Å²) in [5.74, 6) is -0.308. The Morgan fingerprint density at radius 1 is 1.30 bits per heavy atom. The molecule has 0 fully saturated rings. The van der Waals surface area contributed by atoms with Crippen molar-refractivity contribution in [1.82, 2.24) is 4.98 Å². The zero-order valence-electron chi connectivity index (χ0n) is 10.1. The molecular formula is C13H9Cl2FN2O2. The van der Waals surface area contributed by atoms with Gasteiger partial charge in [-0.3, -0.25) is 4.79 Å². The fourth-order valence-corrected chi connectivity index (χ4v) is 1.70. The lowest BCUT2D eigenvalue weighted by Gasteiger charge is -2.08. The molecule has 1 amide bonds. The van der Waals surface area contributed by atoms with Crippen LogP contribution < -0.4 is 10.1 Å². The van der Waals surface area contributed by atoms with Gasteiger partial charge in [0.25, 0.3) is 5.91 Å². The molecule has 20 heavy (non-hydrogen) atoms. The Hall–Kier alpha value is -1.85. The molecule has 7 heteroatoms. The van der Waals surface area contributed by atoms with Gasteiger partial charge in [-0.05, 0) is 30.3 Å². The van der Waals surface area contributed by atoms with Crippen molar-refractivity contribution in [3.63, 3.8) is 0 Å². The Balaban J connectivity index is 1.90.